The summed E-state index contributed by atoms with van der Waals surface area (Å²) in [5.74, 6) is 0. The van der Waals surface area contributed by atoms with Gasteiger partial charge in [-0.05, 0) is 11.1 Å². The monoisotopic (exact) mass is 284 g/mol. The number of methoxy groups -OCH3 is 1. The SMILES string of the molecule is COCC(CN)N(Cc1ccccc1)Cc1ccccc1. The molecule has 0 radical (unpaired) electrons. The fourth-order valence-corrected chi connectivity index (χ4v) is 2.46. The maximum Gasteiger partial charge on any atom is 0.0630 e. The van der Waals surface area contributed by atoms with Gasteiger partial charge < -0.3 is 10.5 Å². The van der Waals surface area contributed by atoms with E-state index in [1.165, 1.54) is 11.1 Å². The zero-order valence-corrected chi connectivity index (χ0v) is 12.6. The van der Waals surface area contributed by atoms with Crippen LogP contribution >= 0.6 is 0 Å². The lowest BCUT2D eigenvalue weighted by Crippen LogP contribution is -2.42. The highest BCUT2D eigenvalue weighted by molar-refractivity contribution is 5.17. The van der Waals surface area contributed by atoms with Crippen LogP contribution in [0, 0.1) is 0 Å². The van der Waals surface area contributed by atoms with Crippen LogP contribution in [0.25, 0.3) is 0 Å². The Kier molecular flexibility index (Phi) is 6.41. The Labute approximate surface area is 127 Å². The quantitative estimate of drug-likeness (QED) is 0.810. The first-order valence-electron chi connectivity index (χ1n) is 7.34. The van der Waals surface area contributed by atoms with E-state index in [4.69, 9.17) is 10.5 Å². The third kappa shape index (κ3) is 4.97. The van der Waals surface area contributed by atoms with E-state index in [1.54, 1.807) is 7.11 Å². The fourth-order valence-electron chi connectivity index (χ4n) is 2.46. The molecule has 0 aliphatic rings. The lowest BCUT2D eigenvalue weighted by molar-refractivity contribution is 0.0840. The van der Waals surface area contributed by atoms with Gasteiger partial charge in [-0.25, -0.2) is 0 Å². The second-order valence-corrected chi connectivity index (χ2v) is 5.22. The Morgan fingerprint density at radius 2 is 1.38 bits per heavy atom. The van der Waals surface area contributed by atoms with Crippen LogP contribution in [0.4, 0.5) is 0 Å². The number of hydrogen-bond acceptors (Lipinski definition) is 3. The molecule has 2 rings (SSSR count). The summed E-state index contributed by atoms with van der Waals surface area (Å²) in [5, 5.41) is 0. The zero-order chi connectivity index (χ0) is 14.9. The van der Waals surface area contributed by atoms with Gasteiger partial charge in [0.25, 0.3) is 0 Å². The van der Waals surface area contributed by atoms with Gasteiger partial charge in [0, 0.05) is 32.8 Å². The predicted molar refractivity (Wildman–Crippen MR) is 86.8 cm³/mol. The molecule has 1 unspecified atom stereocenters. The number of nitrogens with zero attached hydrogens (tertiary/aromatic N) is 1. The first-order chi connectivity index (χ1) is 10.3. The van der Waals surface area contributed by atoms with Crippen molar-refractivity contribution in [3.8, 4) is 0 Å². The largest absolute Gasteiger partial charge is 0.383 e. The first-order valence-corrected chi connectivity index (χ1v) is 7.34. The zero-order valence-electron chi connectivity index (χ0n) is 12.6. The Balaban J connectivity index is 2.13. The van der Waals surface area contributed by atoms with Crippen molar-refractivity contribution in [3.63, 3.8) is 0 Å². The summed E-state index contributed by atoms with van der Waals surface area (Å²) >= 11 is 0. The molecular formula is C18H24N2O. The maximum atomic E-state index is 5.95. The van der Waals surface area contributed by atoms with Gasteiger partial charge in [-0.2, -0.15) is 0 Å². The Bertz CT molecular complexity index is 460. The van der Waals surface area contributed by atoms with Crippen molar-refractivity contribution in [1.29, 1.82) is 0 Å². The van der Waals surface area contributed by atoms with E-state index in [1.807, 2.05) is 12.1 Å². The van der Waals surface area contributed by atoms with E-state index in [2.05, 4.69) is 53.4 Å². The predicted octanol–water partition coefficient (Wildman–Crippen LogP) is 2.66. The minimum atomic E-state index is 0.218. The molecular weight excluding hydrogens is 260 g/mol. The molecule has 0 amide bonds. The van der Waals surface area contributed by atoms with Gasteiger partial charge in [0.15, 0.2) is 0 Å². The second kappa shape index (κ2) is 8.57. The standard InChI is InChI=1S/C18H24N2O/c1-21-15-18(12-19)20(13-16-8-4-2-5-9-16)14-17-10-6-3-7-11-17/h2-11,18H,12-15,19H2,1H3. The summed E-state index contributed by atoms with van der Waals surface area (Å²) in [6.45, 7) is 2.99. The molecule has 0 aliphatic carbocycles. The molecule has 21 heavy (non-hydrogen) atoms. The van der Waals surface area contributed by atoms with Crippen LogP contribution in [0.3, 0.4) is 0 Å². The minimum absolute atomic E-state index is 0.218. The average Bonchev–Trinajstić information content (AvgIpc) is 2.54. The van der Waals surface area contributed by atoms with Gasteiger partial charge in [-0.1, -0.05) is 60.7 Å². The van der Waals surface area contributed by atoms with Gasteiger partial charge in [0.1, 0.15) is 0 Å². The first kappa shape index (κ1) is 15.7. The normalized spacial score (nSPS) is 12.5. The van der Waals surface area contributed by atoms with Crippen LogP contribution in [0.2, 0.25) is 0 Å². The molecule has 0 fully saturated rings. The van der Waals surface area contributed by atoms with E-state index in [-0.39, 0.29) is 6.04 Å². The van der Waals surface area contributed by atoms with Crippen LogP contribution in [-0.4, -0.2) is 31.2 Å². The number of hydrogen-bond donors (Lipinski definition) is 1. The molecule has 2 N–H and O–H groups in total. The van der Waals surface area contributed by atoms with Crippen molar-refractivity contribution in [3.05, 3.63) is 71.8 Å². The third-order valence-electron chi connectivity index (χ3n) is 3.60. The number of ether oxygens (including phenoxy) is 1. The summed E-state index contributed by atoms with van der Waals surface area (Å²) < 4.78 is 5.33. The summed E-state index contributed by atoms with van der Waals surface area (Å²) in [5.41, 5.74) is 8.53. The lowest BCUT2D eigenvalue weighted by atomic mass is 10.1. The second-order valence-electron chi connectivity index (χ2n) is 5.22. The van der Waals surface area contributed by atoms with Crippen LogP contribution in [0.15, 0.2) is 60.7 Å². The third-order valence-corrected chi connectivity index (χ3v) is 3.60. The van der Waals surface area contributed by atoms with E-state index in [0.29, 0.717) is 13.2 Å². The lowest BCUT2D eigenvalue weighted by Gasteiger charge is -2.30. The molecule has 2 aromatic carbocycles. The van der Waals surface area contributed by atoms with Crippen molar-refractivity contribution in [2.24, 2.45) is 5.73 Å². The number of nitrogens with two attached hydrogens (primary N) is 1. The molecule has 1 atom stereocenters. The molecule has 0 aromatic heterocycles. The molecule has 3 heteroatoms. The smallest absolute Gasteiger partial charge is 0.0630 e. The van der Waals surface area contributed by atoms with Crippen LogP contribution in [0.1, 0.15) is 11.1 Å². The van der Waals surface area contributed by atoms with E-state index in [9.17, 15) is 0 Å². The number of rotatable bonds is 8. The van der Waals surface area contributed by atoms with Crippen LogP contribution < -0.4 is 5.73 Å². The number of benzene rings is 2. The highest BCUT2D eigenvalue weighted by atomic mass is 16.5. The Hall–Kier alpha value is -1.68. The highest BCUT2D eigenvalue weighted by Gasteiger charge is 2.17. The summed E-state index contributed by atoms with van der Waals surface area (Å²) in [7, 11) is 1.73. The molecule has 3 nitrogen and oxygen atoms in total. The van der Waals surface area contributed by atoms with Gasteiger partial charge in [-0.3, -0.25) is 4.90 Å². The van der Waals surface area contributed by atoms with Crippen molar-refractivity contribution in [2.45, 2.75) is 19.1 Å². The van der Waals surface area contributed by atoms with Crippen molar-refractivity contribution in [1.82, 2.24) is 4.90 Å². The van der Waals surface area contributed by atoms with Gasteiger partial charge >= 0.3 is 0 Å². The Morgan fingerprint density at radius 1 is 0.905 bits per heavy atom. The average molecular weight is 284 g/mol. The van der Waals surface area contributed by atoms with Crippen LogP contribution in [-0.2, 0) is 17.8 Å². The van der Waals surface area contributed by atoms with E-state index >= 15 is 0 Å². The molecule has 112 valence electrons. The molecule has 0 heterocycles. The molecule has 0 saturated carbocycles. The Morgan fingerprint density at radius 3 is 1.76 bits per heavy atom. The van der Waals surface area contributed by atoms with Crippen molar-refractivity contribution in [2.75, 3.05) is 20.3 Å². The van der Waals surface area contributed by atoms with E-state index in [0.717, 1.165) is 13.1 Å². The summed E-state index contributed by atoms with van der Waals surface area (Å²) in [6.07, 6.45) is 0. The van der Waals surface area contributed by atoms with Crippen molar-refractivity contribution >= 4 is 0 Å². The summed E-state index contributed by atoms with van der Waals surface area (Å²) in [4.78, 5) is 2.38. The molecule has 0 bridgehead atoms. The fraction of sp³-hybridized carbons (Fsp3) is 0.333. The topological polar surface area (TPSA) is 38.5 Å². The maximum absolute atomic E-state index is 5.95. The molecule has 2 aromatic rings. The van der Waals surface area contributed by atoms with Crippen molar-refractivity contribution < 1.29 is 4.74 Å². The molecule has 0 saturated heterocycles. The van der Waals surface area contributed by atoms with Crippen LogP contribution in [0.5, 0.6) is 0 Å². The van der Waals surface area contributed by atoms with Gasteiger partial charge in [0.2, 0.25) is 0 Å². The highest BCUT2D eigenvalue weighted by Crippen LogP contribution is 2.13. The minimum Gasteiger partial charge on any atom is -0.383 e. The van der Waals surface area contributed by atoms with E-state index < -0.39 is 0 Å². The molecule has 0 spiro atoms. The molecule has 0 aliphatic heterocycles. The summed E-state index contributed by atoms with van der Waals surface area (Å²) in [6, 6.07) is 21.2. The van der Waals surface area contributed by atoms with Gasteiger partial charge in [-0.15, -0.1) is 0 Å². The van der Waals surface area contributed by atoms with Gasteiger partial charge in [0.05, 0.1) is 6.61 Å².